The van der Waals surface area contributed by atoms with Crippen LogP contribution in [0.3, 0.4) is 0 Å². The molecular weight excluding hydrogens is 432 g/mol. The molecule has 4 rings (SSSR count). The number of hydroxylamine groups is 1. The number of benzene rings is 1. The van der Waals surface area contributed by atoms with Crippen molar-refractivity contribution in [2.24, 2.45) is 11.3 Å². The molecule has 182 valence electrons. The van der Waals surface area contributed by atoms with Crippen LogP contribution in [0.25, 0.3) is 0 Å². The third-order valence-corrected chi connectivity index (χ3v) is 7.28. The lowest BCUT2D eigenvalue weighted by molar-refractivity contribution is -0.133. The van der Waals surface area contributed by atoms with Crippen molar-refractivity contribution < 1.29 is 19.5 Å². The summed E-state index contributed by atoms with van der Waals surface area (Å²) in [5.41, 5.74) is 3.58. The second-order valence-corrected chi connectivity index (χ2v) is 9.97. The fourth-order valence-corrected chi connectivity index (χ4v) is 4.82. The fourth-order valence-electron chi connectivity index (χ4n) is 4.82. The minimum absolute atomic E-state index is 0.00388. The number of hydrogen-bond donors (Lipinski definition) is 3. The van der Waals surface area contributed by atoms with E-state index < -0.39 is 5.41 Å². The zero-order chi connectivity index (χ0) is 24.3. The van der Waals surface area contributed by atoms with Gasteiger partial charge in [0.2, 0.25) is 11.8 Å². The molecular formula is C26H34N4O4. The molecule has 1 unspecified atom stereocenters. The quantitative estimate of drug-likeness (QED) is 0.440. The summed E-state index contributed by atoms with van der Waals surface area (Å²) in [6.07, 6.45) is 5.30. The molecule has 1 aromatic heterocycles. The van der Waals surface area contributed by atoms with Crippen molar-refractivity contribution in [2.45, 2.75) is 58.9 Å². The lowest BCUT2D eigenvalue weighted by atomic mass is 9.79. The van der Waals surface area contributed by atoms with Crippen LogP contribution in [0.4, 0.5) is 5.82 Å². The van der Waals surface area contributed by atoms with Gasteiger partial charge in [0.1, 0.15) is 17.3 Å². The normalized spacial score (nSPS) is 19.9. The van der Waals surface area contributed by atoms with Crippen LogP contribution in [0.5, 0.6) is 11.5 Å². The van der Waals surface area contributed by atoms with Crippen molar-refractivity contribution in [3.05, 3.63) is 47.7 Å². The zero-order valence-electron chi connectivity index (χ0n) is 20.1. The summed E-state index contributed by atoms with van der Waals surface area (Å²) in [6.45, 7) is 8.24. The highest BCUT2D eigenvalue weighted by molar-refractivity contribution is 5.94. The number of fused-ring (bicyclic) bond motifs is 1. The maximum Gasteiger partial charge on any atom is 0.246 e. The number of piperidine rings is 1. The maximum absolute atomic E-state index is 13.0. The first-order valence-electron chi connectivity index (χ1n) is 12.0. The summed E-state index contributed by atoms with van der Waals surface area (Å²) in [5, 5.41) is 11.9. The number of aromatic nitrogens is 1. The van der Waals surface area contributed by atoms with E-state index in [1.807, 2.05) is 25.1 Å². The maximum atomic E-state index is 13.0. The Hall–Kier alpha value is -2.97. The Bertz CT molecular complexity index is 1050. The monoisotopic (exact) mass is 466 g/mol. The largest absolute Gasteiger partial charge is 0.457 e. The fraction of sp³-hybridized carbons (Fsp3) is 0.500. The van der Waals surface area contributed by atoms with Gasteiger partial charge in [0.05, 0.1) is 0 Å². The highest BCUT2D eigenvalue weighted by Gasteiger charge is 2.37. The summed E-state index contributed by atoms with van der Waals surface area (Å²) in [6, 6.07) is 9.83. The second-order valence-electron chi connectivity index (χ2n) is 9.97. The second kappa shape index (κ2) is 10.1. The molecule has 0 spiro atoms. The minimum Gasteiger partial charge on any atom is -0.457 e. The van der Waals surface area contributed by atoms with Gasteiger partial charge in [0, 0.05) is 29.6 Å². The number of nitrogens with zero attached hydrogens (tertiary/aromatic N) is 2. The topological polar surface area (TPSA) is 104 Å². The van der Waals surface area contributed by atoms with Gasteiger partial charge in [-0.2, -0.15) is 0 Å². The highest BCUT2D eigenvalue weighted by Crippen LogP contribution is 2.34. The van der Waals surface area contributed by atoms with Crippen molar-refractivity contribution in [3.8, 4) is 11.5 Å². The molecule has 0 saturated carbocycles. The van der Waals surface area contributed by atoms with Crippen molar-refractivity contribution in [1.82, 2.24) is 15.4 Å². The number of pyridine rings is 1. The molecule has 1 aromatic carbocycles. The van der Waals surface area contributed by atoms with E-state index in [-0.39, 0.29) is 17.7 Å². The molecule has 2 aromatic rings. The summed E-state index contributed by atoms with van der Waals surface area (Å²) in [7, 11) is 0. The Morgan fingerprint density at radius 2 is 1.88 bits per heavy atom. The Kier molecular flexibility index (Phi) is 7.19. The number of aryl methyl sites for hydroxylation is 1. The average Bonchev–Trinajstić information content (AvgIpc) is 2.83. The third kappa shape index (κ3) is 5.39. The molecule has 34 heavy (non-hydrogen) atoms. The number of anilines is 1. The average molecular weight is 467 g/mol. The molecule has 8 nitrogen and oxygen atoms in total. The number of carbonyl (C=O) groups is 2. The van der Waals surface area contributed by atoms with Crippen LogP contribution < -0.4 is 15.5 Å². The molecule has 0 bridgehead atoms. The number of likely N-dealkylation sites (tertiary alicyclic amines) is 1. The predicted molar refractivity (Wildman–Crippen MR) is 129 cm³/mol. The van der Waals surface area contributed by atoms with Crippen LogP contribution in [0.15, 0.2) is 36.5 Å². The van der Waals surface area contributed by atoms with Gasteiger partial charge in [-0.25, -0.2) is 10.5 Å². The summed E-state index contributed by atoms with van der Waals surface area (Å²) >= 11 is 0. The van der Waals surface area contributed by atoms with E-state index in [4.69, 9.17) is 9.94 Å². The standard InChI is InChI=1S/C26H34N4O4/c1-17(2)30-12-9-26(3,10-13-30)25(32)28-23-16-22(8-11-27-23)34-21-7-6-18-14-20(24(31)29-33)5-4-19(18)15-21/h6-8,11,15-17,20,33H,4-5,9-10,12-14H2,1-3H3,(H,29,31)(H,27,28,32). The predicted octanol–water partition coefficient (Wildman–Crippen LogP) is 3.93. The zero-order valence-corrected chi connectivity index (χ0v) is 20.1. The van der Waals surface area contributed by atoms with E-state index in [0.717, 1.165) is 43.5 Å². The van der Waals surface area contributed by atoms with Crippen LogP contribution in [-0.4, -0.2) is 46.0 Å². The Morgan fingerprint density at radius 1 is 1.15 bits per heavy atom. The van der Waals surface area contributed by atoms with Crippen LogP contribution in [0.1, 0.15) is 51.2 Å². The van der Waals surface area contributed by atoms with Gasteiger partial charge in [0.25, 0.3) is 0 Å². The van der Waals surface area contributed by atoms with Gasteiger partial charge < -0.3 is 15.0 Å². The number of ether oxygens (including phenoxy) is 1. The Labute approximate surface area is 200 Å². The molecule has 1 fully saturated rings. The van der Waals surface area contributed by atoms with Gasteiger partial charge in [0.15, 0.2) is 0 Å². The number of carbonyl (C=O) groups excluding carboxylic acids is 2. The van der Waals surface area contributed by atoms with Crippen molar-refractivity contribution in [1.29, 1.82) is 0 Å². The number of amides is 2. The van der Waals surface area contributed by atoms with E-state index in [2.05, 4.69) is 29.0 Å². The molecule has 8 heteroatoms. The third-order valence-electron chi connectivity index (χ3n) is 7.28. The SMILES string of the molecule is CC(C)N1CCC(C)(C(=O)Nc2cc(Oc3ccc4c(c3)CCC(C(=O)NO)C4)ccn2)CC1. The van der Waals surface area contributed by atoms with Crippen molar-refractivity contribution in [3.63, 3.8) is 0 Å². The molecule has 3 N–H and O–H groups in total. The first-order chi connectivity index (χ1) is 16.3. The van der Waals surface area contributed by atoms with Crippen molar-refractivity contribution >= 4 is 17.6 Å². The van der Waals surface area contributed by atoms with Gasteiger partial charge in [-0.1, -0.05) is 13.0 Å². The Balaban J connectivity index is 1.39. The van der Waals surface area contributed by atoms with Gasteiger partial charge >= 0.3 is 0 Å². The first kappa shape index (κ1) is 24.2. The minimum atomic E-state index is -0.410. The highest BCUT2D eigenvalue weighted by atomic mass is 16.5. The smallest absolute Gasteiger partial charge is 0.246 e. The van der Waals surface area contributed by atoms with Crippen LogP contribution in [-0.2, 0) is 22.4 Å². The molecule has 1 atom stereocenters. The van der Waals surface area contributed by atoms with E-state index >= 15 is 0 Å². The lowest BCUT2D eigenvalue weighted by Gasteiger charge is -2.39. The summed E-state index contributed by atoms with van der Waals surface area (Å²) < 4.78 is 6.06. The molecule has 1 aliphatic heterocycles. The molecule has 1 aliphatic carbocycles. The number of rotatable bonds is 6. The van der Waals surface area contributed by atoms with Crippen LogP contribution in [0, 0.1) is 11.3 Å². The molecule has 1 saturated heterocycles. The van der Waals surface area contributed by atoms with E-state index in [1.165, 1.54) is 0 Å². The van der Waals surface area contributed by atoms with Crippen LogP contribution in [0.2, 0.25) is 0 Å². The van der Waals surface area contributed by atoms with Crippen molar-refractivity contribution in [2.75, 3.05) is 18.4 Å². The molecule has 2 amide bonds. The first-order valence-corrected chi connectivity index (χ1v) is 12.0. The summed E-state index contributed by atoms with van der Waals surface area (Å²) in [4.78, 5) is 31.5. The lowest BCUT2D eigenvalue weighted by Crippen LogP contribution is -2.47. The number of hydrogen-bond acceptors (Lipinski definition) is 6. The molecule has 2 aliphatic rings. The van der Waals surface area contributed by atoms with E-state index in [1.54, 1.807) is 23.8 Å². The van der Waals surface area contributed by atoms with E-state index in [0.29, 0.717) is 36.2 Å². The molecule has 2 heterocycles. The van der Waals surface area contributed by atoms with Crippen LogP contribution >= 0.6 is 0 Å². The van der Waals surface area contributed by atoms with Gasteiger partial charge in [-0.05, 0) is 88.4 Å². The summed E-state index contributed by atoms with van der Waals surface area (Å²) in [5.74, 6) is 1.21. The number of nitrogens with one attached hydrogen (secondary N) is 2. The molecule has 0 radical (unpaired) electrons. The van der Waals surface area contributed by atoms with Gasteiger partial charge in [-0.3, -0.25) is 14.8 Å². The van der Waals surface area contributed by atoms with Gasteiger partial charge in [-0.15, -0.1) is 0 Å². The van der Waals surface area contributed by atoms with E-state index in [9.17, 15) is 9.59 Å². The Morgan fingerprint density at radius 3 is 2.59 bits per heavy atom.